The largest absolute Gasteiger partial charge is 0.481 e. The van der Waals surface area contributed by atoms with Crippen LogP contribution < -0.4 is 4.74 Å². The quantitative estimate of drug-likeness (QED) is 0.617. The molecule has 0 aliphatic carbocycles. The van der Waals surface area contributed by atoms with Crippen LogP contribution in [-0.2, 0) is 20.5 Å². The molecule has 0 spiro atoms. The van der Waals surface area contributed by atoms with Gasteiger partial charge in [-0.25, -0.2) is 9.00 Å². The zero-order valence-corrected chi connectivity index (χ0v) is 12.9. The van der Waals surface area contributed by atoms with Crippen molar-refractivity contribution in [2.75, 3.05) is 13.7 Å². The molecule has 0 saturated carbocycles. The fraction of sp³-hybridized carbons (Fsp3) is 0.429. The SMILES string of the molecule is COC(=O)COc1ccccc1C=N[S@@](=O)C(C)(C)C. The van der Waals surface area contributed by atoms with Gasteiger partial charge >= 0.3 is 5.97 Å². The lowest BCUT2D eigenvalue weighted by Crippen LogP contribution is -2.19. The summed E-state index contributed by atoms with van der Waals surface area (Å²) in [7, 11) is -0.0410. The Labute approximate surface area is 121 Å². The van der Waals surface area contributed by atoms with E-state index in [2.05, 4.69) is 9.13 Å². The van der Waals surface area contributed by atoms with Crippen molar-refractivity contribution >= 4 is 23.2 Å². The van der Waals surface area contributed by atoms with E-state index in [-0.39, 0.29) is 6.61 Å². The van der Waals surface area contributed by atoms with Gasteiger partial charge in [-0.1, -0.05) is 12.1 Å². The van der Waals surface area contributed by atoms with E-state index in [1.165, 1.54) is 13.3 Å². The molecular weight excluding hydrogens is 278 g/mol. The molecule has 0 amide bonds. The van der Waals surface area contributed by atoms with Gasteiger partial charge in [-0.05, 0) is 32.9 Å². The minimum atomic E-state index is -1.34. The lowest BCUT2D eigenvalue weighted by Gasteiger charge is -2.13. The summed E-state index contributed by atoms with van der Waals surface area (Å²) in [6, 6.07) is 7.08. The van der Waals surface area contributed by atoms with Crippen molar-refractivity contribution in [1.29, 1.82) is 0 Å². The van der Waals surface area contributed by atoms with Crippen molar-refractivity contribution in [3.63, 3.8) is 0 Å². The molecule has 0 radical (unpaired) electrons. The first kappa shape index (κ1) is 16.4. The summed E-state index contributed by atoms with van der Waals surface area (Å²) in [5.74, 6) is 0.0302. The van der Waals surface area contributed by atoms with Crippen LogP contribution in [0.4, 0.5) is 0 Å². The summed E-state index contributed by atoms with van der Waals surface area (Å²) in [4.78, 5) is 11.1. The van der Waals surface area contributed by atoms with Crippen LogP contribution in [0.3, 0.4) is 0 Å². The highest BCUT2D eigenvalue weighted by atomic mass is 32.2. The predicted octanol–water partition coefficient (Wildman–Crippen LogP) is 2.12. The monoisotopic (exact) mass is 297 g/mol. The maximum absolute atomic E-state index is 11.9. The summed E-state index contributed by atoms with van der Waals surface area (Å²) in [6.07, 6.45) is 1.49. The number of nitrogens with zero attached hydrogens (tertiary/aromatic N) is 1. The van der Waals surface area contributed by atoms with Gasteiger partial charge in [-0.15, -0.1) is 0 Å². The highest BCUT2D eigenvalue weighted by Crippen LogP contribution is 2.17. The van der Waals surface area contributed by atoms with E-state index in [4.69, 9.17) is 4.74 Å². The number of para-hydroxylation sites is 1. The highest BCUT2D eigenvalue weighted by molar-refractivity contribution is 7.85. The number of hydrogen-bond donors (Lipinski definition) is 0. The molecule has 0 bridgehead atoms. The molecule has 110 valence electrons. The Morgan fingerprint density at radius 1 is 1.35 bits per heavy atom. The normalized spacial score (nSPS) is 13.2. The molecule has 20 heavy (non-hydrogen) atoms. The number of esters is 1. The summed E-state index contributed by atoms with van der Waals surface area (Å²) in [5, 5.41) is 0. The Morgan fingerprint density at radius 2 is 2.00 bits per heavy atom. The van der Waals surface area contributed by atoms with Crippen molar-refractivity contribution < 1.29 is 18.5 Å². The minimum Gasteiger partial charge on any atom is -0.481 e. The van der Waals surface area contributed by atoms with Crippen molar-refractivity contribution in [3.8, 4) is 5.75 Å². The van der Waals surface area contributed by atoms with Gasteiger partial charge in [0.15, 0.2) is 6.61 Å². The predicted molar refractivity (Wildman–Crippen MR) is 79.4 cm³/mol. The van der Waals surface area contributed by atoms with E-state index in [1.807, 2.05) is 26.8 Å². The molecule has 0 aliphatic heterocycles. The molecule has 0 N–H and O–H groups in total. The van der Waals surface area contributed by atoms with Crippen molar-refractivity contribution in [1.82, 2.24) is 0 Å². The molecule has 0 heterocycles. The zero-order chi connectivity index (χ0) is 15.2. The Morgan fingerprint density at radius 3 is 2.60 bits per heavy atom. The smallest absolute Gasteiger partial charge is 0.343 e. The zero-order valence-electron chi connectivity index (χ0n) is 12.1. The Balaban J connectivity index is 2.83. The van der Waals surface area contributed by atoms with E-state index < -0.39 is 21.7 Å². The van der Waals surface area contributed by atoms with E-state index >= 15 is 0 Å². The van der Waals surface area contributed by atoms with Gasteiger partial charge in [0.2, 0.25) is 0 Å². The molecule has 0 unspecified atom stereocenters. The fourth-order valence-electron chi connectivity index (χ4n) is 1.18. The van der Waals surface area contributed by atoms with Crippen LogP contribution in [0, 0.1) is 0 Å². The van der Waals surface area contributed by atoms with Crippen molar-refractivity contribution in [2.45, 2.75) is 25.5 Å². The third-order valence-electron chi connectivity index (χ3n) is 2.30. The van der Waals surface area contributed by atoms with E-state index in [9.17, 15) is 9.00 Å². The number of methoxy groups -OCH3 is 1. The Bertz CT molecular complexity index is 520. The van der Waals surface area contributed by atoms with E-state index in [1.54, 1.807) is 18.2 Å². The topological polar surface area (TPSA) is 65.0 Å². The van der Waals surface area contributed by atoms with E-state index in [0.717, 1.165) is 0 Å². The lowest BCUT2D eigenvalue weighted by atomic mass is 10.2. The molecule has 1 rings (SSSR count). The lowest BCUT2D eigenvalue weighted by molar-refractivity contribution is -0.142. The van der Waals surface area contributed by atoms with Crippen molar-refractivity contribution in [3.05, 3.63) is 29.8 Å². The Hall–Kier alpha value is -1.69. The first-order valence-corrected chi connectivity index (χ1v) is 7.20. The maximum atomic E-state index is 11.9. The van der Waals surface area contributed by atoms with Gasteiger partial charge in [-0.2, -0.15) is 4.40 Å². The molecule has 5 nitrogen and oxygen atoms in total. The molecule has 0 fully saturated rings. The second kappa shape index (κ2) is 7.19. The van der Waals surface area contributed by atoms with Crippen molar-refractivity contribution in [2.24, 2.45) is 4.40 Å². The molecule has 0 aliphatic rings. The standard InChI is InChI=1S/C14H19NO4S/c1-14(2,3)20(17)15-9-11-7-5-6-8-12(11)19-10-13(16)18-4/h5-9H,10H2,1-4H3/t20-/m0/s1. The molecular formula is C14H19NO4S. The maximum Gasteiger partial charge on any atom is 0.343 e. The summed E-state index contributed by atoms with van der Waals surface area (Å²) in [6.45, 7) is 5.37. The van der Waals surface area contributed by atoms with Crippen LogP contribution in [0.15, 0.2) is 28.7 Å². The minimum absolute atomic E-state index is 0.177. The number of carbonyl (C=O) groups is 1. The Kier molecular flexibility index (Phi) is 5.88. The fourth-order valence-corrected chi connectivity index (χ4v) is 1.70. The first-order valence-electron chi connectivity index (χ1n) is 6.09. The molecule has 1 aromatic carbocycles. The number of hydrogen-bond acceptors (Lipinski definition) is 4. The molecule has 1 atom stereocenters. The summed E-state index contributed by atoms with van der Waals surface area (Å²) in [5.41, 5.74) is 0.661. The second-order valence-corrected chi connectivity index (χ2v) is 6.93. The average molecular weight is 297 g/mol. The summed E-state index contributed by atoms with van der Waals surface area (Å²) < 4.78 is 25.3. The van der Waals surface area contributed by atoms with Crippen LogP contribution in [0.5, 0.6) is 5.75 Å². The number of ether oxygens (including phenoxy) is 2. The number of carbonyl (C=O) groups excluding carboxylic acids is 1. The number of benzene rings is 1. The molecule has 1 aromatic rings. The molecule has 6 heteroatoms. The van der Waals surface area contributed by atoms with Gasteiger partial charge in [0.25, 0.3) is 0 Å². The van der Waals surface area contributed by atoms with Gasteiger partial charge in [0.1, 0.15) is 16.7 Å². The highest BCUT2D eigenvalue weighted by Gasteiger charge is 2.18. The molecule has 0 aromatic heterocycles. The van der Waals surface area contributed by atoms with Gasteiger partial charge in [-0.3, -0.25) is 0 Å². The third kappa shape index (κ3) is 5.13. The third-order valence-corrected chi connectivity index (χ3v) is 3.65. The first-order chi connectivity index (χ1) is 9.34. The van der Waals surface area contributed by atoms with Crippen LogP contribution >= 0.6 is 0 Å². The van der Waals surface area contributed by atoms with Crippen LogP contribution in [0.25, 0.3) is 0 Å². The van der Waals surface area contributed by atoms with Gasteiger partial charge < -0.3 is 9.47 Å². The van der Waals surface area contributed by atoms with Crippen LogP contribution in [-0.4, -0.2) is 34.9 Å². The second-order valence-electron chi connectivity index (χ2n) is 5.00. The van der Waals surface area contributed by atoms with E-state index in [0.29, 0.717) is 11.3 Å². The van der Waals surface area contributed by atoms with Crippen LogP contribution in [0.1, 0.15) is 26.3 Å². The van der Waals surface area contributed by atoms with Gasteiger partial charge in [0, 0.05) is 11.8 Å². The van der Waals surface area contributed by atoms with Crippen LogP contribution in [0.2, 0.25) is 0 Å². The molecule has 0 saturated heterocycles. The number of rotatable bonds is 5. The summed E-state index contributed by atoms with van der Waals surface area (Å²) >= 11 is 0. The average Bonchev–Trinajstić information content (AvgIpc) is 2.41. The van der Waals surface area contributed by atoms with Gasteiger partial charge in [0.05, 0.1) is 11.9 Å².